The molecule has 1 N–H and O–H groups in total. The SMILES string of the molecule is COc1ccc2cc(C3(O)CC4COCC(C3)N4C(=O)OCc3ccccc3)ccc2n1. The van der Waals surface area contributed by atoms with Crippen LogP contribution in [0, 0.1) is 0 Å². The fourth-order valence-electron chi connectivity index (χ4n) is 4.81. The van der Waals surface area contributed by atoms with Crippen molar-refractivity contribution in [2.75, 3.05) is 20.3 Å². The molecule has 3 aromatic rings. The van der Waals surface area contributed by atoms with Crippen LogP contribution in [0.25, 0.3) is 10.9 Å². The van der Waals surface area contributed by atoms with Gasteiger partial charge in [0, 0.05) is 24.3 Å². The van der Waals surface area contributed by atoms with Gasteiger partial charge in [0.2, 0.25) is 5.88 Å². The van der Waals surface area contributed by atoms with Gasteiger partial charge < -0.3 is 19.3 Å². The lowest BCUT2D eigenvalue weighted by Gasteiger charge is -2.51. The number of ether oxygens (including phenoxy) is 3. The summed E-state index contributed by atoms with van der Waals surface area (Å²) < 4.78 is 16.5. The van der Waals surface area contributed by atoms with Crippen molar-refractivity contribution in [1.82, 2.24) is 9.88 Å². The third-order valence-corrected chi connectivity index (χ3v) is 6.38. The third kappa shape index (κ3) is 3.89. The van der Waals surface area contributed by atoms with Gasteiger partial charge in [-0.25, -0.2) is 9.78 Å². The maximum atomic E-state index is 12.9. The number of piperidine rings is 1. The molecule has 2 saturated heterocycles. The molecule has 0 aliphatic carbocycles. The molecular weight excluding hydrogens is 408 g/mol. The summed E-state index contributed by atoms with van der Waals surface area (Å²) >= 11 is 0. The van der Waals surface area contributed by atoms with E-state index in [1.807, 2.05) is 60.7 Å². The van der Waals surface area contributed by atoms with E-state index in [1.165, 1.54) is 0 Å². The largest absolute Gasteiger partial charge is 0.481 e. The second kappa shape index (κ2) is 8.41. The van der Waals surface area contributed by atoms with E-state index in [0.29, 0.717) is 31.9 Å². The number of hydrogen-bond acceptors (Lipinski definition) is 6. The van der Waals surface area contributed by atoms with Crippen molar-refractivity contribution >= 4 is 17.0 Å². The quantitative estimate of drug-likeness (QED) is 0.675. The summed E-state index contributed by atoms with van der Waals surface area (Å²) in [5.41, 5.74) is 1.52. The topological polar surface area (TPSA) is 81.1 Å². The monoisotopic (exact) mass is 434 g/mol. The van der Waals surface area contributed by atoms with Gasteiger partial charge in [-0.05, 0) is 29.3 Å². The molecule has 2 aromatic carbocycles. The number of carbonyl (C=O) groups is 1. The van der Waals surface area contributed by atoms with Crippen molar-refractivity contribution in [3.05, 3.63) is 71.8 Å². The smallest absolute Gasteiger partial charge is 0.410 e. The van der Waals surface area contributed by atoms with E-state index in [9.17, 15) is 9.90 Å². The van der Waals surface area contributed by atoms with Gasteiger partial charge in [-0.2, -0.15) is 0 Å². The average molecular weight is 434 g/mol. The fourth-order valence-corrected chi connectivity index (χ4v) is 4.81. The van der Waals surface area contributed by atoms with Crippen LogP contribution in [0.3, 0.4) is 0 Å². The van der Waals surface area contributed by atoms with Crippen molar-refractivity contribution < 1.29 is 24.1 Å². The summed E-state index contributed by atoms with van der Waals surface area (Å²) in [4.78, 5) is 19.1. The molecule has 5 rings (SSSR count). The highest BCUT2D eigenvalue weighted by Gasteiger charge is 2.49. The molecule has 166 valence electrons. The highest BCUT2D eigenvalue weighted by molar-refractivity contribution is 5.80. The van der Waals surface area contributed by atoms with E-state index in [2.05, 4.69) is 4.98 Å². The number of hydrogen-bond donors (Lipinski definition) is 1. The van der Waals surface area contributed by atoms with Crippen molar-refractivity contribution in [1.29, 1.82) is 0 Å². The molecule has 1 aromatic heterocycles. The molecule has 7 nitrogen and oxygen atoms in total. The van der Waals surface area contributed by atoms with Crippen LogP contribution in [0.4, 0.5) is 4.79 Å². The summed E-state index contributed by atoms with van der Waals surface area (Å²) in [5, 5.41) is 12.6. The van der Waals surface area contributed by atoms with E-state index >= 15 is 0 Å². The van der Waals surface area contributed by atoms with Crippen molar-refractivity contribution in [3.8, 4) is 5.88 Å². The van der Waals surface area contributed by atoms with Gasteiger partial charge in [0.1, 0.15) is 6.61 Å². The Morgan fingerprint density at radius 3 is 2.59 bits per heavy atom. The van der Waals surface area contributed by atoms with Gasteiger partial charge >= 0.3 is 6.09 Å². The molecule has 0 spiro atoms. The first-order chi connectivity index (χ1) is 15.6. The molecule has 32 heavy (non-hydrogen) atoms. The number of aliphatic hydroxyl groups is 1. The first kappa shape index (κ1) is 20.7. The number of methoxy groups -OCH3 is 1. The molecule has 2 aliphatic rings. The number of morpholine rings is 1. The van der Waals surface area contributed by atoms with Gasteiger partial charge in [-0.1, -0.05) is 36.4 Å². The Bertz CT molecular complexity index is 1110. The Kier molecular flexibility index (Phi) is 5.45. The number of amides is 1. The van der Waals surface area contributed by atoms with Gasteiger partial charge in [0.15, 0.2) is 0 Å². The Balaban J connectivity index is 1.35. The molecular formula is C25H26N2O5. The lowest BCUT2D eigenvalue weighted by Crippen LogP contribution is -2.62. The maximum Gasteiger partial charge on any atom is 0.410 e. The number of carbonyl (C=O) groups excluding carboxylic acids is 1. The van der Waals surface area contributed by atoms with E-state index in [4.69, 9.17) is 14.2 Å². The minimum Gasteiger partial charge on any atom is -0.481 e. The predicted octanol–water partition coefficient (Wildman–Crippen LogP) is 3.63. The van der Waals surface area contributed by atoms with Crippen LogP contribution >= 0.6 is 0 Å². The molecule has 0 saturated carbocycles. The number of aromatic nitrogens is 1. The molecule has 2 bridgehead atoms. The number of rotatable bonds is 4. The highest BCUT2D eigenvalue weighted by Crippen LogP contribution is 2.42. The second-order valence-electron chi connectivity index (χ2n) is 8.49. The molecule has 2 atom stereocenters. The number of fused-ring (bicyclic) bond motifs is 3. The first-order valence-corrected chi connectivity index (χ1v) is 10.8. The highest BCUT2D eigenvalue weighted by atomic mass is 16.6. The van der Waals surface area contributed by atoms with Crippen LogP contribution in [-0.4, -0.2) is 53.5 Å². The van der Waals surface area contributed by atoms with Crippen molar-refractivity contribution in [2.45, 2.75) is 37.1 Å². The molecule has 0 radical (unpaired) electrons. The van der Waals surface area contributed by atoms with Crippen molar-refractivity contribution in [2.24, 2.45) is 0 Å². The minimum absolute atomic E-state index is 0.224. The van der Waals surface area contributed by atoms with Gasteiger partial charge in [0.05, 0.1) is 43.5 Å². The number of pyridine rings is 1. The third-order valence-electron chi connectivity index (χ3n) is 6.38. The Morgan fingerprint density at radius 2 is 1.88 bits per heavy atom. The van der Waals surface area contributed by atoms with Crippen LogP contribution in [0.15, 0.2) is 60.7 Å². The lowest BCUT2D eigenvalue weighted by atomic mass is 9.76. The zero-order chi connectivity index (χ0) is 22.1. The average Bonchev–Trinajstić information content (AvgIpc) is 2.82. The molecule has 3 heterocycles. The van der Waals surface area contributed by atoms with Crippen LogP contribution in [0.1, 0.15) is 24.0 Å². The Labute approximate surface area is 186 Å². The molecule has 2 fully saturated rings. The van der Waals surface area contributed by atoms with Crippen LogP contribution in [0.2, 0.25) is 0 Å². The molecule has 1 amide bonds. The summed E-state index contributed by atoms with van der Waals surface area (Å²) in [6.07, 6.45) is 0.418. The number of nitrogens with zero attached hydrogens (tertiary/aromatic N) is 2. The number of benzene rings is 2. The molecule has 2 aliphatic heterocycles. The zero-order valence-electron chi connectivity index (χ0n) is 17.9. The Morgan fingerprint density at radius 1 is 1.12 bits per heavy atom. The zero-order valence-corrected chi connectivity index (χ0v) is 17.9. The molecule has 2 unspecified atom stereocenters. The summed E-state index contributed by atoms with van der Waals surface area (Å²) in [5.74, 6) is 0.554. The predicted molar refractivity (Wildman–Crippen MR) is 118 cm³/mol. The first-order valence-electron chi connectivity index (χ1n) is 10.8. The summed E-state index contributed by atoms with van der Waals surface area (Å²) in [6.45, 7) is 0.985. The van der Waals surface area contributed by atoms with E-state index < -0.39 is 5.60 Å². The van der Waals surface area contributed by atoms with E-state index in [1.54, 1.807) is 12.0 Å². The van der Waals surface area contributed by atoms with E-state index in [0.717, 1.165) is 22.0 Å². The van der Waals surface area contributed by atoms with Crippen LogP contribution in [-0.2, 0) is 21.7 Å². The lowest BCUT2D eigenvalue weighted by molar-refractivity contribution is -0.136. The van der Waals surface area contributed by atoms with Gasteiger partial charge in [0.25, 0.3) is 0 Å². The van der Waals surface area contributed by atoms with Crippen LogP contribution < -0.4 is 4.74 Å². The standard InChI is InChI=1S/C25H26N2O5/c1-30-23-10-7-18-11-19(8-9-22(18)26-23)25(29)12-20-15-31-16-21(13-25)27(20)24(28)32-14-17-5-3-2-4-6-17/h2-11,20-21,29H,12-16H2,1H3. The minimum atomic E-state index is -1.05. The van der Waals surface area contributed by atoms with E-state index in [-0.39, 0.29) is 24.8 Å². The van der Waals surface area contributed by atoms with Gasteiger partial charge in [-0.15, -0.1) is 0 Å². The second-order valence-corrected chi connectivity index (χ2v) is 8.49. The Hall–Kier alpha value is -3.16. The molecule has 7 heteroatoms. The normalized spacial score (nSPS) is 24.9. The fraction of sp³-hybridized carbons (Fsp3) is 0.360. The summed E-state index contributed by atoms with van der Waals surface area (Å²) in [6, 6.07) is 18.7. The maximum absolute atomic E-state index is 12.9. The summed E-state index contributed by atoms with van der Waals surface area (Å²) in [7, 11) is 1.59. The van der Waals surface area contributed by atoms with Crippen LogP contribution in [0.5, 0.6) is 5.88 Å². The van der Waals surface area contributed by atoms with Gasteiger partial charge in [-0.3, -0.25) is 4.90 Å². The van der Waals surface area contributed by atoms with Crippen molar-refractivity contribution in [3.63, 3.8) is 0 Å².